The number of hydrogen-bond acceptors (Lipinski definition) is 3. The Balaban J connectivity index is 1.87. The standard InChI is InChI=1S/C16H29NO2/c1-14(19)15-6-10-17(11-7-15)12-16(13-18)8-4-2-3-5-9-16/h13-15,19H,2-12H2,1H3. The third-order valence-electron chi connectivity index (χ3n) is 5.20. The van der Waals surface area contributed by atoms with Crippen molar-refractivity contribution in [1.82, 2.24) is 4.90 Å². The minimum absolute atomic E-state index is 0.0752. The van der Waals surface area contributed by atoms with Gasteiger partial charge in [0.25, 0.3) is 0 Å². The van der Waals surface area contributed by atoms with Gasteiger partial charge in [0.2, 0.25) is 0 Å². The molecule has 0 radical (unpaired) electrons. The Morgan fingerprint density at radius 2 is 1.79 bits per heavy atom. The highest BCUT2D eigenvalue weighted by molar-refractivity contribution is 5.59. The Bertz CT molecular complexity index is 274. The molecule has 2 rings (SSSR count). The van der Waals surface area contributed by atoms with E-state index in [2.05, 4.69) is 4.90 Å². The number of aliphatic hydroxyl groups is 1. The first-order valence-corrected chi connectivity index (χ1v) is 8.02. The van der Waals surface area contributed by atoms with Gasteiger partial charge in [-0.15, -0.1) is 0 Å². The van der Waals surface area contributed by atoms with Gasteiger partial charge in [0.05, 0.1) is 6.10 Å². The summed E-state index contributed by atoms with van der Waals surface area (Å²) in [5.41, 5.74) is -0.0752. The van der Waals surface area contributed by atoms with E-state index in [1.165, 1.54) is 32.0 Å². The van der Waals surface area contributed by atoms with Crippen molar-refractivity contribution >= 4 is 6.29 Å². The van der Waals surface area contributed by atoms with Crippen molar-refractivity contribution in [2.45, 2.75) is 64.4 Å². The van der Waals surface area contributed by atoms with Crippen molar-refractivity contribution in [3.63, 3.8) is 0 Å². The summed E-state index contributed by atoms with van der Waals surface area (Å²) in [7, 11) is 0. The lowest BCUT2D eigenvalue weighted by molar-refractivity contribution is -0.118. The summed E-state index contributed by atoms with van der Waals surface area (Å²) >= 11 is 0. The van der Waals surface area contributed by atoms with E-state index >= 15 is 0 Å². The molecule has 3 nitrogen and oxygen atoms in total. The predicted molar refractivity (Wildman–Crippen MR) is 77.0 cm³/mol. The molecule has 0 amide bonds. The van der Waals surface area contributed by atoms with Gasteiger partial charge in [-0.25, -0.2) is 0 Å². The Morgan fingerprint density at radius 3 is 2.26 bits per heavy atom. The molecule has 1 atom stereocenters. The third kappa shape index (κ3) is 4.03. The zero-order valence-corrected chi connectivity index (χ0v) is 12.3. The van der Waals surface area contributed by atoms with Gasteiger partial charge in [0.15, 0.2) is 0 Å². The lowest BCUT2D eigenvalue weighted by atomic mass is 9.80. The van der Waals surface area contributed by atoms with Crippen LogP contribution in [0.4, 0.5) is 0 Å². The van der Waals surface area contributed by atoms with Crippen molar-refractivity contribution in [1.29, 1.82) is 0 Å². The second-order valence-electron chi connectivity index (χ2n) is 6.75. The lowest BCUT2D eigenvalue weighted by Gasteiger charge is -2.38. The first kappa shape index (κ1) is 15.0. The van der Waals surface area contributed by atoms with E-state index in [-0.39, 0.29) is 11.5 Å². The van der Waals surface area contributed by atoms with E-state index in [0.29, 0.717) is 5.92 Å². The van der Waals surface area contributed by atoms with Crippen molar-refractivity contribution < 1.29 is 9.90 Å². The smallest absolute Gasteiger partial charge is 0.127 e. The summed E-state index contributed by atoms with van der Waals surface area (Å²) in [6.07, 6.45) is 10.4. The second-order valence-corrected chi connectivity index (χ2v) is 6.75. The number of piperidine rings is 1. The molecule has 1 heterocycles. The highest BCUT2D eigenvalue weighted by Crippen LogP contribution is 2.35. The normalized spacial score (nSPS) is 27.7. The molecular weight excluding hydrogens is 238 g/mol. The molecule has 0 bridgehead atoms. The Kier molecular flexibility index (Phi) is 5.40. The second kappa shape index (κ2) is 6.85. The number of nitrogens with zero attached hydrogens (tertiary/aromatic N) is 1. The molecule has 1 saturated carbocycles. The molecule has 1 unspecified atom stereocenters. The van der Waals surface area contributed by atoms with Crippen LogP contribution < -0.4 is 0 Å². The Labute approximate surface area is 117 Å². The molecule has 110 valence electrons. The molecule has 2 fully saturated rings. The number of hydrogen-bond donors (Lipinski definition) is 1. The van der Waals surface area contributed by atoms with Gasteiger partial charge in [-0.05, 0) is 51.6 Å². The largest absolute Gasteiger partial charge is 0.393 e. The van der Waals surface area contributed by atoms with Crippen LogP contribution in [-0.4, -0.2) is 42.0 Å². The fraction of sp³-hybridized carbons (Fsp3) is 0.938. The van der Waals surface area contributed by atoms with E-state index in [0.717, 1.165) is 45.3 Å². The van der Waals surface area contributed by atoms with Crippen LogP contribution in [0.2, 0.25) is 0 Å². The van der Waals surface area contributed by atoms with Gasteiger partial charge in [-0.1, -0.05) is 25.7 Å². The molecule has 1 N–H and O–H groups in total. The Hall–Kier alpha value is -0.410. The number of likely N-dealkylation sites (tertiary alicyclic amines) is 1. The molecule has 0 aromatic rings. The number of carbonyl (C=O) groups excluding carboxylic acids is 1. The lowest BCUT2D eigenvalue weighted by Crippen LogP contribution is -2.44. The van der Waals surface area contributed by atoms with Crippen LogP contribution in [0.15, 0.2) is 0 Å². The highest BCUT2D eigenvalue weighted by Gasteiger charge is 2.34. The summed E-state index contributed by atoms with van der Waals surface area (Å²) in [5.74, 6) is 0.456. The molecule has 0 aromatic heterocycles. The zero-order chi connectivity index (χ0) is 13.7. The van der Waals surface area contributed by atoms with Gasteiger partial charge >= 0.3 is 0 Å². The molecule has 0 aromatic carbocycles. The molecule has 1 saturated heterocycles. The quantitative estimate of drug-likeness (QED) is 0.629. The number of carbonyl (C=O) groups is 1. The molecule has 3 heteroatoms. The Morgan fingerprint density at radius 1 is 1.21 bits per heavy atom. The van der Waals surface area contributed by atoms with Crippen LogP contribution in [0.25, 0.3) is 0 Å². The first-order chi connectivity index (χ1) is 9.15. The van der Waals surface area contributed by atoms with Crippen molar-refractivity contribution in [2.24, 2.45) is 11.3 Å². The summed E-state index contributed by atoms with van der Waals surface area (Å²) in [6, 6.07) is 0. The van der Waals surface area contributed by atoms with Gasteiger partial charge in [0.1, 0.15) is 6.29 Å². The zero-order valence-electron chi connectivity index (χ0n) is 12.3. The van der Waals surface area contributed by atoms with Crippen LogP contribution >= 0.6 is 0 Å². The SMILES string of the molecule is CC(O)C1CCN(CC2(C=O)CCCCCC2)CC1. The minimum atomic E-state index is -0.180. The predicted octanol–water partition coefficient (Wildman–Crippen LogP) is 2.62. The fourth-order valence-corrected chi connectivity index (χ4v) is 3.78. The summed E-state index contributed by atoms with van der Waals surface area (Å²) in [5, 5.41) is 9.64. The highest BCUT2D eigenvalue weighted by atomic mass is 16.3. The average molecular weight is 267 g/mol. The van der Waals surface area contributed by atoms with Gasteiger partial charge in [0, 0.05) is 12.0 Å². The third-order valence-corrected chi connectivity index (χ3v) is 5.20. The van der Waals surface area contributed by atoms with Crippen LogP contribution in [0.3, 0.4) is 0 Å². The maximum Gasteiger partial charge on any atom is 0.127 e. The van der Waals surface area contributed by atoms with E-state index in [1.807, 2.05) is 6.92 Å². The topological polar surface area (TPSA) is 40.5 Å². The molecule has 0 spiro atoms. The molecular formula is C16H29NO2. The summed E-state index contributed by atoms with van der Waals surface area (Å²) < 4.78 is 0. The molecule has 1 aliphatic heterocycles. The van der Waals surface area contributed by atoms with E-state index < -0.39 is 0 Å². The summed E-state index contributed by atoms with van der Waals surface area (Å²) in [6.45, 7) is 4.94. The van der Waals surface area contributed by atoms with Crippen molar-refractivity contribution in [3.8, 4) is 0 Å². The number of aliphatic hydroxyl groups excluding tert-OH is 1. The van der Waals surface area contributed by atoms with Gasteiger partial charge in [-0.2, -0.15) is 0 Å². The van der Waals surface area contributed by atoms with Gasteiger partial charge in [-0.3, -0.25) is 0 Å². The van der Waals surface area contributed by atoms with Crippen molar-refractivity contribution in [3.05, 3.63) is 0 Å². The molecule has 1 aliphatic carbocycles. The monoisotopic (exact) mass is 267 g/mol. The van der Waals surface area contributed by atoms with E-state index in [1.54, 1.807) is 0 Å². The summed E-state index contributed by atoms with van der Waals surface area (Å²) in [4.78, 5) is 14.1. The fourth-order valence-electron chi connectivity index (χ4n) is 3.78. The maximum absolute atomic E-state index is 11.6. The van der Waals surface area contributed by atoms with Crippen molar-refractivity contribution in [2.75, 3.05) is 19.6 Å². The van der Waals surface area contributed by atoms with Crippen LogP contribution in [0.5, 0.6) is 0 Å². The minimum Gasteiger partial charge on any atom is -0.393 e. The van der Waals surface area contributed by atoms with Crippen LogP contribution in [-0.2, 0) is 4.79 Å². The molecule has 19 heavy (non-hydrogen) atoms. The van der Waals surface area contributed by atoms with Crippen LogP contribution in [0, 0.1) is 11.3 Å². The van der Waals surface area contributed by atoms with Gasteiger partial charge < -0.3 is 14.8 Å². The first-order valence-electron chi connectivity index (χ1n) is 8.02. The number of aldehydes is 1. The number of rotatable bonds is 4. The average Bonchev–Trinajstić information content (AvgIpc) is 2.65. The van der Waals surface area contributed by atoms with E-state index in [9.17, 15) is 9.90 Å². The maximum atomic E-state index is 11.6. The van der Waals surface area contributed by atoms with Crippen LogP contribution in [0.1, 0.15) is 58.3 Å². The molecule has 2 aliphatic rings. The van der Waals surface area contributed by atoms with E-state index in [4.69, 9.17) is 0 Å².